The van der Waals surface area contributed by atoms with E-state index in [1.807, 2.05) is 0 Å². The van der Waals surface area contributed by atoms with Gasteiger partial charge in [-0.1, -0.05) is 12.1 Å². The summed E-state index contributed by atoms with van der Waals surface area (Å²) < 4.78 is 0. The van der Waals surface area contributed by atoms with E-state index in [1.165, 1.54) is 12.1 Å². The van der Waals surface area contributed by atoms with Crippen molar-refractivity contribution in [1.82, 2.24) is 21.3 Å². The van der Waals surface area contributed by atoms with Crippen molar-refractivity contribution in [3.05, 3.63) is 29.8 Å². The zero-order valence-electron chi connectivity index (χ0n) is 21.7. The van der Waals surface area contributed by atoms with Crippen LogP contribution in [0.1, 0.15) is 18.4 Å². The molecule has 5 amide bonds. The Morgan fingerprint density at radius 1 is 0.900 bits per heavy atom. The van der Waals surface area contributed by atoms with Crippen molar-refractivity contribution in [3.63, 3.8) is 0 Å². The van der Waals surface area contributed by atoms with Crippen molar-refractivity contribution in [3.8, 4) is 5.75 Å². The molecule has 1 rings (SSSR count). The molecule has 0 spiro atoms. The van der Waals surface area contributed by atoms with E-state index in [2.05, 4.69) is 38.9 Å². The summed E-state index contributed by atoms with van der Waals surface area (Å²) in [5.41, 5.74) is 22.3. The van der Waals surface area contributed by atoms with Crippen molar-refractivity contribution in [1.29, 1.82) is 0 Å². The van der Waals surface area contributed by atoms with E-state index in [9.17, 15) is 34.2 Å². The summed E-state index contributed by atoms with van der Waals surface area (Å²) in [4.78, 5) is 65.1. The molecule has 4 atom stereocenters. The molecule has 0 bridgehead atoms. The molecule has 1 aromatic carbocycles. The molecule has 0 unspecified atom stereocenters. The summed E-state index contributed by atoms with van der Waals surface area (Å²) in [5, 5.41) is 28.2. The van der Waals surface area contributed by atoms with E-state index in [1.54, 1.807) is 12.1 Å². The first-order valence-electron chi connectivity index (χ1n) is 12.2. The van der Waals surface area contributed by atoms with Gasteiger partial charge in [0.25, 0.3) is 0 Å². The number of benzene rings is 1. The number of aliphatic hydroxyl groups excluding tert-OH is 1. The number of nitrogens with zero attached hydrogens (tertiary/aromatic N) is 1. The number of hydrogen-bond donors (Lipinski definition) is 11. The number of aromatic hydroxyl groups is 1. The second-order valence-corrected chi connectivity index (χ2v) is 9.02. The van der Waals surface area contributed by atoms with E-state index >= 15 is 0 Å². The minimum absolute atomic E-state index is 0.0643. The fourth-order valence-electron chi connectivity index (χ4n) is 3.24. The number of nitrogens with two attached hydrogens (primary N) is 4. The number of aliphatic imine (C=N–C) groups is 1. The fraction of sp³-hybridized carbons (Fsp3) is 0.478. The molecular formula is C23H37N9O7S. The van der Waals surface area contributed by atoms with Crippen LogP contribution in [-0.4, -0.2) is 95.3 Å². The van der Waals surface area contributed by atoms with E-state index in [-0.39, 0.29) is 36.8 Å². The Labute approximate surface area is 236 Å². The highest BCUT2D eigenvalue weighted by Crippen LogP contribution is 2.11. The highest BCUT2D eigenvalue weighted by molar-refractivity contribution is 7.80. The minimum atomic E-state index is -1.44. The monoisotopic (exact) mass is 583 g/mol. The third kappa shape index (κ3) is 12.6. The Morgan fingerprint density at radius 3 is 2.08 bits per heavy atom. The van der Waals surface area contributed by atoms with E-state index in [0.29, 0.717) is 12.0 Å². The van der Waals surface area contributed by atoms with Crippen LogP contribution in [0.15, 0.2) is 29.3 Å². The van der Waals surface area contributed by atoms with Gasteiger partial charge in [-0.25, -0.2) is 0 Å². The van der Waals surface area contributed by atoms with Crippen LogP contribution in [0, 0.1) is 0 Å². The van der Waals surface area contributed by atoms with Crippen molar-refractivity contribution in [2.24, 2.45) is 27.9 Å². The number of rotatable bonds is 17. The van der Waals surface area contributed by atoms with E-state index in [0.717, 1.165) is 0 Å². The average molecular weight is 584 g/mol. The molecule has 0 aliphatic rings. The van der Waals surface area contributed by atoms with Crippen LogP contribution in [0.25, 0.3) is 0 Å². The number of nitrogens with one attached hydrogen (secondary N) is 4. The molecule has 0 fully saturated rings. The number of carbonyl (C=O) groups is 5. The Hall–Kier alpha value is -4.09. The second-order valence-electron chi connectivity index (χ2n) is 8.65. The Balaban J connectivity index is 2.57. The van der Waals surface area contributed by atoms with Crippen molar-refractivity contribution >= 4 is 48.1 Å². The molecule has 0 aromatic heterocycles. The molecule has 0 aliphatic heterocycles. The third-order valence-electron chi connectivity index (χ3n) is 5.41. The largest absolute Gasteiger partial charge is 0.508 e. The van der Waals surface area contributed by atoms with Crippen LogP contribution >= 0.6 is 12.6 Å². The summed E-state index contributed by atoms with van der Waals surface area (Å²) in [7, 11) is 0. The molecule has 1 aromatic rings. The number of amides is 5. The number of hydrogen-bond acceptors (Lipinski definition) is 10. The van der Waals surface area contributed by atoms with Crippen LogP contribution in [0.2, 0.25) is 0 Å². The van der Waals surface area contributed by atoms with Gasteiger partial charge >= 0.3 is 0 Å². The van der Waals surface area contributed by atoms with Crippen molar-refractivity contribution < 1.29 is 34.2 Å². The van der Waals surface area contributed by atoms with Gasteiger partial charge in [0.05, 0.1) is 19.2 Å². The summed E-state index contributed by atoms with van der Waals surface area (Å²) in [6.07, 6.45) is 0.570. The van der Waals surface area contributed by atoms with Gasteiger partial charge in [-0.15, -0.1) is 0 Å². The van der Waals surface area contributed by atoms with Crippen LogP contribution in [0.5, 0.6) is 5.75 Å². The summed E-state index contributed by atoms with van der Waals surface area (Å²) >= 11 is 4.05. The zero-order valence-corrected chi connectivity index (χ0v) is 22.6. The van der Waals surface area contributed by atoms with Gasteiger partial charge in [0.1, 0.15) is 23.9 Å². The number of carbonyl (C=O) groups excluding carboxylic acids is 5. The molecule has 0 heterocycles. The molecule has 222 valence electrons. The van der Waals surface area contributed by atoms with Crippen LogP contribution in [0.4, 0.5) is 0 Å². The molecule has 0 saturated heterocycles. The van der Waals surface area contributed by atoms with Gasteiger partial charge in [-0.05, 0) is 37.0 Å². The molecule has 0 radical (unpaired) electrons. The second kappa shape index (κ2) is 17.5. The molecule has 17 heteroatoms. The van der Waals surface area contributed by atoms with Gasteiger partial charge in [0, 0.05) is 12.3 Å². The van der Waals surface area contributed by atoms with Crippen LogP contribution < -0.4 is 44.2 Å². The Bertz CT molecular complexity index is 1050. The molecule has 0 aliphatic carbocycles. The highest BCUT2D eigenvalue weighted by atomic mass is 32.1. The first kappa shape index (κ1) is 33.9. The van der Waals surface area contributed by atoms with Gasteiger partial charge in [-0.3, -0.25) is 29.0 Å². The van der Waals surface area contributed by atoms with Crippen LogP contribution in [-0.2, 0) is 30.4 Å². The lowest BCUT2D eigenvalue weighted by Gasteiger charge is -2.21. The van der Waals surface area contributed by atoms with E-state index < -0.39 is 66.9 Å². The average Bonchev–Trinajstić information content (AvgIpc) is 2.91. The lowest BCUT2D eigenvalue weighted by atomic mass is 10.1. The van der Waals surface area contributed by atoms with Gasteiger partial charge in [-0.2, -0.15) is 12.6 Å². The van der Waals surface area contributed by atoms with Gasteiger partial charge in [0.2, 0.25) is 29.5 Å². The number of aliphatic hydroxyl groups is 1. The number of phenols is 1. The topological polar surface area (TPSA) is 290 Å². The fourth-order valence-corrected chi connectivity index (χ4v) is 3.50. The highest BCUT2D eigenvalue weighted by Gasteiger charge is 2.26. The van der Waals surface area contributed by atoms with Crippen molar-refractivity contribution in [2.75, 3.05) is 25.4 Å². The Morgan fingerprint density at radius 2 is 1.52 bits per heavy atom. The standard InChI is InChI=1S/C23H37N9O7S/c24-14(8-12-3-5-13(34)6-4-12)20(37)32-17(11-40)21(38)29-9-18(35)30-16(10-33)22(39)31-15(19(25)36)2-1-7-28-23(26)27/h3-6,14-17,33-34,40H,1-2,7-11,24H2,(H2,25,36)(H,29,38)(H,30,35)(H,31,39)(H,32,37)(H4,26,27,28)/t14-,15-,16-,17-/m0/s1. The molecule has 16 nitrogen and oxygen atoms in total. The first-order chi connectivity index (χ1) is 18.9. The maximum absolute atomic E-state index is 12.5. The maximum atomic E-state index is 12.5. The zero-order chi connectivity index (χ0) is 30.2. The predicted octanol–water partition coefficient (Wildman–Crippen LogP) is -4.71. The SMILES string of the molecule is NC(=O)[C@H](CCCN=C(N)N)NC(=O)[C@H](CO)NC(=O)CNC(=O)[C@H](CS)NC(=O)[C@@H](N)Cc1ccc(O)cc1. The molecular weight excluding hydrogens is 546 g/mol. The van der Waals surface area contributed by atoms with Crippen molar-refractivity contribution in [2.45, 2.75) is 43.4 Å². The van der Waals surface area contributed by atoms with Gasteiger partial charge < -0.3 is 54.4 Å². The lowest BCUT2D eigenvalue weighted by molar-refractivity contribution is -0.133. The molecule has 40 heavy (non-hydrogen) atoms. The smallest absolute Gasteiger partial charge is 0.245 e. The number of guanidine groups is 1. The van der Waals surface area contributed by atoms with Crippen LogP contribution in [0.3, 0.4) is 0 Å². The third-order valence-corrected chi connectivity index (χ3v) is 5.77. The quantitative estimate of drug-likeness (QED) is 0.0360. The minimum Gasteiger partial charge on any atom is -0.508 e. The number of thiol groups is 1. The summed E-state index contributed by atoms with van der Waals surface area (Å²) in [6.45, 7) is -1.21. The number of phenolic OH excluding ortho intramolecular Hbond substituents is 1. The normalized spacial score (nSPS) is 13.6. The molecule has 14 N–H and O–H groups in total. The summed E-state index contributed by atoms with van der Waals surface area (Å²) in [6, 6.07) is 1.44. The predicted molar refractivity (Wildman–Crippen MR) is 149 cm³/mol. The first-order valence-corrected chi connectivity index (χ1v) is 12.8. The molecule has 0 saturated carbocycles. The van der Waals surface area contributed by atoms with E-state index in [4.69, 9.17) is 22.9 Å². The lowest BCUT2D eigenvalue weighted by Crippen LogP contribution is -2.56. The van der Waals surface area contributed by atoms with Gasteiger partial charge in [0.15, 0.2) is 5.96 Å². The maximum Gasteiger partial charge on any atom is 0.245 e. The number of primary amides is 1. The Kier molecular flexibility index (Phi) is 14.8. The summed E-state index contributed by atoms with van der Waals surface area (Å²) in [5.74, 6) is -4.10.